The molecule has 2 unspecified atom stereocenters. The Labute approximate surface area is 185 Å². The molecule has 29 heavy (non-hydrogen) atoms. The summed E-state index contributed by atoms with van der Waals surface area (Å²) in [7, 11) is 0. The van der Waals surface area contributed by atoms with Crippen molar-refractivity contribution < 1.29 is 14.4 Å². The highest BCUT2D eigenvalue weighted by atomic mass is 32.2. The summed E-state index contributed by atoms with van der Waals surface area (Å²) in [6, 6.07) is -0.355. The van der Waals surface area contributed by atoms with Crippen LogP contribution in [0.3, 0.4) is 0 Å². The Morgan fingerprint density at radius 2 is 1.83 bits per heavy atom. The molecule has 0 aromatic heterocycles. The summed E-state index contributed by atoms with van der Waals surface area (Å²) in [5.74, 6) is 0.457. The maximum atomic E-state index is 13.0. The lowest BCUT2D eigenvalue weighted by Crippen LogP contribution is -2.44. The zero-order valence-corrected chi connectivity index (χ0v) is 20.7. The highest BCUT2D eigenvalue weighted by molar-refractivity contribution is 8.14. The quantitative estimate of drug-likeness (QED) is 0.207. The van der Waals surface area contributed by atoms with Gasteiger partial charge in [-0.1, -0.05) is 48.5 Å². The van der Waals surface area contributed by atoms with Gasteiger partial charge in [0.05, 0.1) is 10.3 Å². The number of thioether (sulfide) groups is 2. The topological polar surface area (TPSA) is 78.3 Å². The number of nitrogens with zero attached hydrogens (tertiary/aromatic N) is 1. The lowest BCUT2D eigenvalue weighted by Gasteiger charge is -2.32. The van der Waals surface area contributed by atoms with E-state index < -0.39 is 0 Å². The number of hydrogen-bond donors (Lipinski definition) is 1. The number of likely N-dealkylation sites (tertiary alicyclic amines) is 1. The van der Waals surface area contributed by atoms with Crippen molar-refractivity contribution in [2.75, 3.05) is 5.75 Å². The maximum absolute atomic E-state index is 13.0. The molecule has 1 fully saturated rings. The van der Waals surface area contributed by atoms with Crippen LogP contribution in [0.2, 0.25) is 0 Å². The van der Waals surface area contributed by atoms with Crippen LogP contribution in [0.5, 0.6) is 0 Å². The molecule has 166 valence electrons. The van der Waals surface area contributed by atoms with Gasteiger partial charge < -0.3 is 0 Å². The Bertz CT molecular complexity index is 612. The van der Waals surface area contributed by atoms with Gasteiger partial charge in [-0.05, 0) is 30.4 Å². The summed E-state index contributed by atoms with van der Waals surface area (Å²) in [5.41, 5.74) is -0.0812. The molecule has 0 aliphatic carbocycles. The molecule has 0 bridgehead atoms. The third-order valence-electron chi connectivity index (χ3n) is 4.68. The van der Waals surface area contributed by atoms with Crippen molar-refractivity contribution in [1.82, 2.24) is 4.90 Å². The van der Waals surface area contributed by atoms with Gasteiger partial charge in [0.25, 0.3) is 0 Å². The number of nitrogens with one attached hydrogen (secondary N) is 1. The molecule has 1 aliphatic heterocycles. The maximum Gasteiger partial charge on any atom is 0.243 e. The van der Waals surface area contributed by atoms with Crippen LogP contribution in [-0.4, -0.2) is 49.8 Å². The molecule has 5 nitrogen and oxygen atoms in total. The number of hydrogen-bond acceptors (Lipinski definition) is 6. The van der Waals surface area contributed by atoms with E-state index in [9.17, 15) is 14.4 Å². The van der Waals surface area contributed by atoms with E-state index in [0.717, 1.165) is 12.2 Å². The van der Waals surface area contributed by atoms with E-state index in [4.69, 9.17) is 5.41 Å². The number of amides is 2. The fourth-order valence-corrected chi connectivity index (χ4v) is 5.31. The van der Waals surface area contributed by atoms with Gasteiger partial charge in [-0.3, -0.25) is 24.7 Å². The van der Waals surface area contributed by atoms with Crippen LogP contribution in [0, 0.1) is 16.7 Å². The first-order valence-electron chi connectivity index (χ1n) is 10.6. The molecule has 7 heteroatoms. The van der Waals surface area contributed by atoms with Crippen LogP contribution in [0.15, 0.2) is 0 Å². The normalized spacial score (nSPS) is 18.8. The predicted molar refractivity (Wildman–Crippen MR) is 125 cm³/mol. The summed E-state index contributed by atoms with van der Waals surface area (Å²) in [6.45, 7) is 14.1. The summed E-state index contributed by atoms with van der Waals surface area (Å²) < 4.78 is 0. The number of ketones is 1. The molecule has 0 radical (unpaired) electrons. The van der Waals surface area contributed by atoms with Gasteiger partial charge in [0.1, 0.15) is 5.78 Å². The lowest BCUT2D eigenvalue weighted by atomic mass is 9.84. The number of Topliss-reactive ketones (excluding diaryl/α,β-unsaturated/α-hetero) is 1. The second-order valence-electron chi connectivity index (χ2n) is 9.60. The van der Waals surface area contributed by atoms with Gasteiger partial charge in [-0.2, -0.15) is 0 Å². The Kier molecular flexibility index (Phi) is 10.4. The number of carbonyl (C=O) groups excluding carboxylic acids is 3. The highest BCUT2D eigenvalue weighted by Crippen LogP contribution is 2.33. The molecule has 0 aromatic carbocycles. The monoisotopic (exact) mass is 442 g/mol. The summed E-state index contributed by atoms with van der Waals surface area (Å²) in [5, 5.41) is 8.67. The van der Waals surface area contributed by atoms with E-state index in [-0.39, 0.29) is 53.1 Å². The molecule has 1 saturated heterocycles. The number of rotatable bonds is 11. The molecule has 0 saturated carbocycles. The minimum absolute atomic E-state index is 0.0812. The van der Waals surface area contributed by atoms with Crippen molar-refractivity contribution in [2.45, 2.75) is 97.1 Å². The Morgan fingerprint density at radius 3 is 2.34 bits per heavy atom. The van der Waals surface area contributed by atoms with Gasteiger partial charge in [0.15, 0.2) is 0 Å². The van der Waals surface area contributed by atoms with E-state index in [1.54, 1.807) is 11.8 Å². The molecule has 0 spiro atoms. The molecular weight excluding hydrogens is 404 g/mol. The summed E-state index contributed by atoms with van der Waals surface area (Å²) >= 11 is 3.09. The minimum Gasteiger partial charge on any atom is -0.299 e. The van der Waals surface area contributed by atoms with Crippen molar-refractivity contribution >= 4 is 46.2 Å². The predicted octanol–water partition coefficient (Wildman–Crippen LogP) is 5.17. The molecule has 1 heterocycles. The molecule has 1 rings (SSSR count). The second-order valence-corrected chi connectivity index (χ2v) is 12.6. The third-order valence-corrected chi connectivity index (χ3v) is 6.94. The fraction of sp³-hybridized carbons (Fsp3) is 0.818. The van der Waals surface area contributed by atoms with E-state index >= 15 is 0 Å². The smallest absolute Gasteiger partial charge is 0.243 e. The number of carbonyl (C=O) groups is 3. The van der Waals surface area contributed by atoms with E-state index in [2.05, 4.69) is 34.6 Å². The second kappa shape index (κ2) is 11.5. The Morgan fingerprint density at radius 1 is 1.21 bits per heavy atom. The fourth-order valence-electron chi connectivity index (χ4n) is 3.37. The van der Waals surface area contributed by atoms with Gasteiger partial charge >= 0.3 is 0 Å². The molecule has 0 aromatic rings. The molecule has 2 atom stereocenters. The van der Waals surface area contributed by atoms with Crippen LogP contribution in [0.4, 0.5) is 0 Å². The average molecular weight is 443 g/mol. The highest BCUT2D eigenvalue weighted by Gasteiger charge is 2.43. The Balaban J connectivity index is 2.70. The van der Waals surface area contributed by atoms with Crippen LogP contribution >= 0.6 is 23.5 Å². The van der Waals surface area contributed by atoms with Crippen molar-refractivity contribution in [3.63, 3.8) is 0 Å². The first-order chi connectivity index (χ1) is 13.3. The van der Waals surface area contributed by atoms with Crippen LogP contribution < -0.4 is 0 Å². The van der Waals surface area contributed by atoms with Gasteiger partial charge in [0.2, 0.25) is 11.8 Å². The first-order valence-corrected chi connectivity index (χ1v) is 12.5. The largest absolute Gasteiger partial charge is 0.299 e. The van der Waals surface area contributed by atoms with Crippen molar-refractivity contribution in [3.8, 4) is 0 Å². The van der Waals surface area contributed by atoms with E-state index in [1.165, 1.54) is 16.7 Å². The van der Waals surface area contributed by atoms with Gasteiger partial charge in [0, 0.05) is 30.1 Å². The SMILES string of the molecule is CC(C)SC(=N)CCCSC1CC(=O)N(C(CC(=O)C(C)C)CC(C)(C)C)C1=O. The summed E-state index contributed by atoms with van der Waals surface area (Å²) in [6.07, 6.45) is 2.64. The molecule has 1 aliphatic rings. The average Bonchev–Trinajstić information content (AvgIpc) is 2.82. The molecular formula is C22H38N2O3S2. The lowest BCUT2D eigenvalue weighted by molar-refractivity contribution is -0.142. The van der Waals surface area contributed by atoms with Crippen LogP contribution in [0.1, 0.15) is 80.6 Å². The van der Waals surface area contributed by atoms with Crippen molar-refractivity contribution in [3.05, 3.63) is 0 Å². The summed E-state index contributed by atoms with van der Waals surface area (Å²) in [4.78, 5) is 39.4. The first kappa shape index (κ1) is 26.2. The van der Waals surface area contributed by atoms with Crippen LogP contribution in [-0.2, 0) is 14.4 Å². The number of imide groups is 1. The van der Waals surface area contributed by atoms with Crippen molar-refractivity contribution in [1.29, 1.82) is 5.41 Å². The van der Waals surface area contributed by atoms with Gasteiger partial charge in [-0.15, -0.1) is 23.5 Å². The van der Waals surface area contributed by atoms with E-state index in [0.29, 0.717) is 23.1 Å². The van der Waals surface area contributed by atoms with Crippen LogP contribution in [0.25, 0.3) is 0 Å². The minimum atomic E-state index is -0.356. The molecule has 2 amide bonds. The third kappa shape index (κ3) is 9.24. The van der Waals surface area contributed by atoms with Gasteiger partial charge in [-0.25, -0.2) is 0 Å². The zero-order valence-electron chi connectivity index (χ0n) is 19.0. The van der Waals surface area contributed by atoms with E-state index in [1.807, 2.05) is 13.8 Å². The van der Waals surface area contributed by atoms with Crippen molar-refractivity contribution in [2.24, 2.45) is 11.3 Å². The molecule has 1 N–H and O–H groups in total. The zero-order chi connectivity index (χ0) is 22.4. The Hall–Kier alpha value is -0.820. The standard InChI is InChI=1S/C22H38N2O3S2/c1-14(2)17(25)11-16(13-22(5,6)7)24-20(26)12-18(21(24)27)28-10-8-9-19(23)29-15(3)4/h14-16,18,23H,8-13H2,1-7H3.